The average molecular weight is 483 g/mol. The molecule has 4 aromatic rings. The highest BCUT2D eigenvalue weighted by molar-refractivity contribution is 5.85. The van der Waals surface area contributed by atoms with Gasteiger partial charge in [-0.1, -0.05) is 30.3 Å². The lowest BCUT2D eigenvalue weighted by Gasteiger charge is -2.16. The quantitative estimate of drug-likeness (QED) is 0.287. The molecule has 35 heavy (non-hydrogen) atoms. The number of rotatable bonds is 7. The summed E-state index contributed by atoms with van der Waals surface area (Å²) in [6.07, 6.45) is -3.42. The summed E-state index contributed by atoms with van der Waals surface area (Å²) in [4.78, 5) is 14.6. The third-order valence-corrected chi connectivity index (χ3v) is 4.98. The molecular formula is C26H17F4NO4. The Balaban J connectivity index is 1.45. The summed E-state index contributed by atoms with van der Waals surface area (Å²) in [5.74, 6) is -1.11. The molecule has 0 aliphatic carbocycles. The number of carbonyl (C=O) groups is 1. The number of pyridine rings is 1. The second-order valence-electron chi connectivity index (χ2n) is 7.40. The lowest BCUT2D eigenvalue weighted by atomic mass is 9.98. The van der Waals surface area contributed by atoms with Gasteiger partial charge in [-0.15, -0.1) is 0 Å². The van der Waals surface area contributed by atoms with Crippen molar-refractivity contribution in [2.45, 2.75) is 12.8 Å². The topological polar surface area (TPSA) is 68.7 Å². The van der Waals surface area contributed by atoms with Crippen LogP contribution in [0.2, 0.25) is 0 Å². The predicted octanol–water partition coefficient (Wildman–Crippen LogP) is 6.98. The molecule has 9 heteroatoms. The normalized spacial score (nSPS) is 11.2. The van der Waals surface area contributed by atoms with Crippen molar-refractivity contribution in [3.8, 4) is 28.4 Å². The molecule has 0 fully saturated rings. The molecule has 0 bridgehead atoms. The van der Waals surface area contributed by atoms with E-state index >= 15 is 0 Å². The monoisotopic (exact) mass is 483 g/mol. The van der Waals surface area contributed by atoms with Crippen molar-refractivity contribution in [3.63, 3.8) is 0 Å². The minimum atomic E-state index is -4.70. The molecule has 0 amide bonds. The Morgan fingerprint density at radius 3 is 2.17 bits per heavy atom. The Hall–Kier alpha value is -4.40. The minimum Gasteiger partial charge on any atom is -0.489 e. The van der Waals surface area contributed by atoms with Crippen molar-refractivity contribution >= 4 is 5.97 Å². The highest BCUT2D eigenvalue weighted by atomic mass is 19.4. The SMILES string of the molecule is O=C(O)c1ccc(Oc2ccc(COc3ccc(-c4ccccc4F)c(C(F)(F)F)c3)cc2)cn1. The van der Waals surface area contributed by atoms with E-state index < -0.39 is 23.5 Å². The molecule has 0 saturated heterocycles. The molecule has 0 saturated carbocycles. The van der Waals surface area contributed by atoms with Crippen molar-refractivity contribution in [2.75, 3.05) is 0 Å². The fraction of sp³-hybridized carbons (Fsp3) is 0.0769. The highest BCUT2D eigenvalue weighted by Crippen LogP contribution is 2.40. The number of ether oxygens (including phenoxy) is 2. The van der Waals surface area contributed by atoms with Gasteiger partial charge in [0.1, 0.15) is 35.4 Å². The summed E-state index contributed by atoms with van der Waals surface area (Å²) >= 11 is 0. The number of carboxylic acid groups (broad SMARTS) is 1. The highest BCUT2D eigenvalue weighted by Gasteiger charge is 2.34. The first-order chi connectivity index (χ1) is 16.7. The molecule has 1 aromatic heterocycles. The number of hydrogen-bond donors (Lipinski definition) is 1. The van der Waals surface area contributed by atoms with Gasteiger partial charge in [-0.25, -0.2) is 14.2 Å². The van der Waals surface area contributed by atoms with Crippen LogP contribution < -0.4 is 9.47 Å². The number of carboxylic acids is 1. The number of benzene rings is 3. The lowest BCUT2D eigenvalue weighted by molar-refractivity contribution is -0.137. The molecule has 3 aromatic carbocycles. The van der Waals surface area contributed by atoms with Gasteiger partial charge in [0, 0.05) is 5.56 Å². The zero-order valence-electron chi connectivity index (χ0n) is 17.9. The molecule has 1 N–H and O–H groups in total. The number of aromatic carboxylic acids is 1. The Bertz CT molecular complexity index is 1340. The minimum absolute atomic E-state index is 0.00845. The molecule has 4 rings (SSSR count). The number of nitrogens with zero attached hydrogens (tertiary/aromatic N) is 1. The maximum atomic E-state index is 14.1. The van der Waals surface area contributed by atoms with Crippen LogP contribution in [0.3, 0.4) is 0 Å². The van der Waals surface area contributed by atoms with Gasteiger partial charge >= 0.3 is 12.1 Å². The number of halogens is 4. The van der Waals surface area contributed by atoms with Crippen LogP contribution in [0, 0.1) is 5.82 Å². The molecule has 0 radical (unpaired) electrons. The molecule has 0 spiro atoms. The van der Waals surface area contributed by atoms with Crippen molar-refractivity contribution in [3.05, 3.63) is 108 Å². The first kappa shape index (κ1) is 23.7. The van der Waals surface area contributed by atoms with E-state index in [0.717, 1.165) is 12.1 Å². The van der Waals surface area contributed by atoms with Crippen LogP contribution >= 0.6 is 0 Å². The second-order valence-corrected chi connectivity index (χ2v) is 7.40. The molecule has 5 nitrogen and oxygen atoms in total. The number of alkyl halides is 3. The third kappa shape index (κ3) is 5.75. The Morgan fingerprint density at radius 1 is 0.857 bits per heavy atom. The zero-order chi connectivity index (χ0) is 25.0. The summed E-state index contributed by atoms with van der Waals surface area (Å²) in [7, 11) is 0. The van der Waals surface area contributed by atoms with Crippen molar-refractivity contribution in [2.24, 2.45) is 0 Å². The molecule has 0 unspecified atom stereocenters. The summed E-state index contributed by atoms with van der Waals surface area (Å²) in [6, 6.07) is 18.1. The van der Waals surface area contributed by atoms with Gasteiger partial charge in [0.15, 0.2) is 0 Å². The molecule has 0 aliphatic rings. The van der Waals surface area contributed by atoms with Gasteiger partial charge in [-0.05, 0) is 59.7 Å². The first-order valence-corrected chi connectivity index (χ1v) is 10.3. The summed E-state index contributed by atoms with van der Waals surface area (Å²) < 4.78 is 66.2. The van der Waals surface area contributed by atoms with Gasteiger partial charge < -0.3 is 14.6 Å². The Labute approximate surface area is 197 Å². The molecule has 1 heterocycles. The van der Waals surface area contributed by atoms with E-state index in [0.29, 0.717) is 17.1 Å². The number of hydrogen-bond acceptors (Lipinski definition) is 4. The first-order valence-electron chi connectivity index (χ1n) is 10.3. The molecular weight excluding hydrogens is 466 g/mol. The smallest absolute Gasteiger partial charge is 0.417 e. The Morgan fingerprint density at radius 2 is 1.54 bits per heavy atom. The average Bonchev–Trinajstić information content (AvgIpc) is 2.84. The summed E-state index contributed by atoms with van der Waals surface area (Å²) in [5, 5.41) is 8.87. The van der Waals surface area contributed by atoms with Crippen LogP contribution in [-0.2, 0) is 12.8 Å². The van der Waals surface area contributed by atoms with E-state index in [1.165, 1.54) is 48.7 Å². The van der Waals surface area contributed by atoms with Gasteiger partial charge in [0.25, 0.3) is 0 Å². The largest absolute Gasteiger partial charge is 0.489 e. The maximum Gasteiger partial charge on any atom is 0.417 e. The maximum absolute atomic E-state index is 14.1. The van der Waals surface area contributed by atoms with E-state index in [4.69, 9.17) is 14.6 Å². The molecule has 0 aliphatic heterocycles. The standard InChI is InChI=1S/C26H17F4NO4/c27-23-4-2-1-3-21(23)20-11-9-18(13-22(20)26(28,29)30)34-15-16-5-7-17(8-6-16)35-19-10-12-24(25(32)33)31-14-19/h1-14H,15H2,(H,32,33). The van der Waals surface area contributed by atoms with Crippen LogP contribution in [0.1, 0.15) is 21.6 Å². The van der Waals surface area contributed by atoms with Gasteiger partial charge in [0.05, 0.1) is 11.8 Å². The van der Waals surface area contributed by atoms with Crippen molar-refractivity contribution in [1.82, 2.24) is 4.98 Å². The zero-order valence-corrected chi connectivity index (χ0v) is 17.9. The van der Waals surface area contributed by atoms with Gasteiger partial charge in [-0.3, -0.25) is 0 Å². The summed E-state index contributed by atoms with van der Waals surface area (Å²) in [5.41, 5.74) is -0.847. The van der Waals surface area contributed by atoms with E-state index in [1.54, 1.807) is 24.3 Å². The van der Waals surface area contributed by atoms with Crippen LogP contribution in [0.5, 0.6) is 17.2 Å². The number of aromatic nitrogens is 1. The van der Waals surface area contributed by atoms with Gasteiger partial charge in [-0.2, -0.15) is 13.2 Å². The van der Waals surface area contributed by atoms with Crippen molar-refractivity contribution < 1.29 is 36.9 Å². The van der Waals surface area contributed by atoms with Crippen molar-refractivity contribution in [1.29, 1.82) is 0 Å². The van der Waals surface area contributed by atoms with E-state index in [2.05, 4.69) is 4.98 Å². The lowest BCUT2D eigenvalue weighted by Crippen LogP contribution is -2.08. The molecule has 178 valence electrons. The van der Waals surface area contributed by atoms with E-state index in [1.807, 2.05) is 0 Å². The van der Waals surface area contributed by atoms with Crippen LogP contribution in [0.4, 0.5) is 17.6 Å². The van der Waals surface area contributed by atoms with Crippen LogP contribution in [-0.4, -0.2) is 16.1 Å². The van der Waals surface area contributed by atoms with Gasteiger partial charge in [0.2, 0.25) is 0 Å². The Kier molecular flexibility index (Phi) is 6.68. The summed E-state index contributed by atoms with van der Waals surface area (Å²) in [6.45, 7) is -0.00845. The fourth-order valence-corrected chi connectivity index (χ4v) is 3.29. The van der Waals surface area contributed by atoms with E-state index in [9.17, 15) is 22.4 Å². The second kappa shape index (κ2) is 9.84. The predicted molar refractivity (Wildman–Crippen MR) is 119 cm³/mol. The third-order valence-electron chi connectivity index (χ3n) is 4.98. The molecule has 0 atom stereocenters. The van der Waals surface area contributed by atoms with E-state index in [-0.39, 0.29) is 29.2 Å². The fourth-order valence-electron chi connectivity index (χ4n) is 3.29. The van der Waals surface area contributed by atoms with Crippen LogP contribution in [0.15, 0.2) is 85.1 Å². The van der Waals surface area contributed by atoms with Crippen LogP contribution in [0.25, 0.3) is 11.1 Å².